The van der Waals surface area contributed by atoms with Gasteiger partial charge in [0, 0.05) is 21.4 Å². The van der Waals surface area contributed by atoms with Gasteiger partial charge < -0.3 is 10.6 Å². The molecule has 0 aliphatic rings. The van der Waals surface area contributed by atoms with E-state index in [1.807, 2.05) is 0 Å². The van der Waals surface area contributed by atoms with Crippen LogP contribution in [-0.2, 0) is 0 Å². The number of carbonyl (C=O) groups excluding carboxylic acids is 1. The minimum atomic E-state index is -0.367. The molecule has 0 radical (unpaired) electrons. The molecule has 3 rings (SSSR count). The zero-order chi connectivity index (χ0) is 18.5. The summed E-state index contributed by atoms with van der Waals surface area (Å²) in [5, 5.41) is 15.5. The number of nitriles is 1. The van der Waals surface area contributed by atoms with Crippen molar-refractivity contribution in [1.29, 1.82) is 5.26 Å². The predicted octanol–water partition coefficient (Wildman–Crippen LogP) is 5.26. The van der Waals surface area contributed by atoms with Crippen LogP contribution in [-0.4, -0.2) is 10.9 Å². The van der Waals surface area contributed by atoms with Crippen LogP contribution in [0.25, 0.3) is 0 Å². The van der Waals surface area contributed by atoms with Crippen molar-refractivity contribution >= 4 is 46.2 Å². The summed E-state index contributed by atoms with van der Waals surface area (Å²) in [6.45, 7) is 0. The Bertz CT molecular complexity index is 960. The van der Waals surface area contributed by atoms with E-state index in [4.69, 9.17) is 28.5 Å². The number of rotatable bonds is 4. The van der Waals surface area contributed by atoms with Gasteiger partial charge in [0.25, 0.3) is 5.91 Å². The summed E-state index contributed by atoms with van der Waals surface area (Å²) in [5.41, 5.74) is 2.87. The van der Waals surface area contributed by atoms with Gasteiger partial charge in [-0.25, -0.2) is 4.98 Å². The summed E-state index contributed by atoms with van der Waals surface area (Å²) >= 11 is 11.8. The Labute approximate surface area is 160 Å². The largest absolute Gasteiger partial charge is 0.354 e. The third-order valence-corrected chi connectivity index (χ3v) is 3.86. The third kappa shape index (κ3) is 4.51. The lowest BCUT2D eigenvalue weighted by atomic mass is 10.2. The van der Waals surface area contributed by atoms with Crippen molar-refractivity contribution in [3.8, 4) is 6.07 Å². The van der Waals surface area contributed by atoms with Gasteiger partial charge in [-0.3, -0.25) is 4.79 Å². The maximum Gasteiger partial charge on any atom is 0.274 e. The topological polar surface area (TPSA) is 77.8 Å². The van der Waals surface area contributed by atoms with E-state index >= 15 is 0 Å². The summed E-state index contributed by atoms with van der Waals surface area (Å²) in [6.07, 6.45) is 1.55. The Kier molecular flexibility index (Phi) is 5.37. The molecule has 0 aliphatic heterocycles. The van der Waals surface area contributed by atoms with E-state index in [0.29, 0.717) is 21.3 Å². The maximum atomic E-state index is 12.3. The van der Waals surface area contributed by atoms with Crippen molar-refractivity contribution < 1.29 is 4.79 Å². The van der Waals surface area contributed by atoms with Crippen molar-refractivity contribution in [3.63, 3.8) is 0 Å². The first-order chi connectivity index (χ1) is 12.5. The molecule has 1 heterocycles. The molecule has 26 heavy (non-hydrogen) atoms. The molecule has 0 unspecified atom stereocenters. The summed E-state index contributed by atoms with van der Waals surface area (Å²) in [4.78, 5) is 16.4. The van der Waals surface area contributed by atoms with Crippen LogP contribution in [0.3, 0.4) is 0 Å². The Hall–Kier alpha value is -3.07. The van der Waals surface area contributed by atoms with Crippen LogP contribution >= 0.6 is 23.2 Å². The van der Waals surface area contributed by atoms with E-state index in [1.165, 1.54) is 0 Å². The number of anilines is 3. The second kappa shape index (κ2) is 7.87. The molecule has 0 spiro atoms. The second-order valence-electron chi connectivity index (χ2n) is 5.36. The van der Waals surface area contributed by atoms with Gasteiger partial charge in [-0.1, -0.05) is 23.2 Å². The smallest absolute Gasteiger partial charge is 0.274 e. The van der Waals surface area contributed by atoms with Crippen LogP contribution in [0.15, 0.2) is 60.8 Å². The average Bonchev–Trinajstić information content (AvgIpc) is 2.62. The van der Waals surface area contributed by atoms with Crippen molar-refractivity contribution in [2.45, 2.75) is 0 Å². The molecule has 0 fully saturated rings. The van der Waals surface area contributed by atoms with E-state index in [2.05, 4.69) is 21.7 Å². The molecule has 5 nitrogen and oxygen atoms in total. The van der Waals surface area contributed by atoms with Crippen molar-refractivity contribution in [2.75, 3.05) is 10.6 Å². The first kappa shape index (κ1) is 17.7. The number of nitrogens with zero attached hydrogens (tertiary/aromatic N) is 2. The standard InChI is InChI=1S/C19H12Cl2N4O/c20-13-7-14(21)9-17(8-13)25-19(26)18-6-5-16(11-23-18)24-15-3-1-12(10-22)2-4-15/h1-9,11,24H,(H,25,26). The number of amides is 1. The second-order valence-corrected chi connectivity index (χ2v) is 6.23. The molecule has 0 saturated carbocycles. The number of carbonyl (C=O) groups is 1. The molecule has 0 aliphatic carbocycles. The molecule has 1 aromatic heterocycles. The maximum absolute atomic E-state index is 12.3. The molecule has 2 aromatic carbocycles. The minimum absolute atomic E-state index is 0.256. The average molecular weight is 383 g/mol. The van der Waals surface area contributed by atoms with Gasteiger partial charge in [-0.2, -0.15) is 5.26 Å². The van der Waals surface area contributed by atoms with Crippen LogP contribution < -0.4 is 10.6 Å². The fourth-order valence-corrected chi connectivity index (χ4v) is 2.74. The number of hydrogen-bond acceptors (Lipinski definition) is 4. The summed E-state index contributed by atoms with van der Waals surface area (Å²) < 4.78 is 0. The van der Waals surface area contributed by atoms with Gasteiger partial charge in [0.15, 0.2) is 0 Å². The third-order valence-electron chi connectivity index (χ3n) is 3.42. The van der Waals surface area contributed by atoms with E-state index in [1.54, 1.807) is 60.8 Å². The van der Waals surface area contributed by atoms with Crippen molar-refractivity contribution in [2.24, 2.45) is 0 Å². The molecular weight excluding hydrogens is 371 g/mol. The Balaban J connectivity index is 1.68. The molecule has 7 heteroatoms. The highest BCUT2D eigenvalue weighted by atomic mass is 35.5. The summed E-state index contributed by atoms with van der Waals surface area (Å²) in [7, 11) is 0. The van der Waals surface area contributed by atoms with Gasteiger partial charge in [0.1, 0.15) is 5.69 Å². The zero-order valence-electron chi connectivity index (χ0n) is 13.3. The molecule has 0 atom stereocenters. The highest BCUT2D eigenvalue weighted by Gasteiger charge is 2.09. The fraction of sp³-hybridized carbons (Fsp3) is 0. The Morgan fingerprint density at radius 1 is 0.923 bits per heavy atom. The van der Waals surface area contributed by atoms with E-state index in [-0.39, 0.29) is 11.6 Å². The lowest BCUT2D eigenvalue weighted by molar-refractivity contribution is 0.102. The molecule has 1 amide bonds. The quantitative estimate of drug-likeness (QED) is 0.645. The van der Waals surface area contributed by atoms with Crippen LogP contribution in [0.4, 0.5) is 17.1 Å². The van der Waals surface area contributed by atoms with Gasteiger partial charge in [-0.05, 0) is 54.6 Å². The van der Waals surface area contributed by atoms with Crippen LogP contribution in [0.2, 0.25) is 10.0 Å². The van der Waals surface area contributed by atoms with Crippen LogP contribution in [0, 0.1) is 11.3 Å². The lowest BCUT2D eigenvalue weighted by Gasteiger charge is -2.08. The van der Waals surface area contributed by atoms with Crippen molar-refractivity contribution in [1.82, 2.24) is 4.98 Å². The molecular formula is C19H12Cl2N4O. The molecule has 0 saturated heterocycles. The fourth-order valence-electron chi connectivity index (χ4n) is 2.22. The van der Waals surface area contributed by atoms with Gasteiger partial charge in [0.2, 0.25) is 0 Å². The SMILES string of the molecule is N#Cc1ccc(Nc2ccc(C(=O)Nc3cc(Cl)cc(Cl)c3)nc2)cc1. The Morgan fingerprint density at radius 2 is 1.58 bits per heavy atom. The molecule has 3 aromatic rings. The van der Waals surface area contributed by atoms with Crippen LogP contribution in [0.1, 0.15) is 16.1 Å². The number of benzene rings is 2. The number of pyridine rings is 1. The molecule has 128 valence electrons. The lowest BCUT2D eigenvalue weighted by Crippen LogP contribution is -2.13. The number of hydrogen-bond donors (Lipinski definition) is 2. The molecule has 2 N–H and O–H groups in total. The summed E-state index contributed by atoms with van der Waals surface area (Å²) in [5.74, 6) is -0.367. The van der Waals surface area contributed by atoms with Gasteiger partial charge >= 0.3 is 0 Å². The Morgan fingerprint density at radius 3 is 2.15 bits per heavy atom. The van der Waals surface area contributed by atoms with Gasteiger partial charge in [0.05, 0.1) is 23.5 Å². The van der Waals surface area contributed by atoms with E-state index < -0.39 is 0 Å². The molecule has 0 bridgehead atoms. The zero-order valence-corrected chi connectivity index (χ0v) is 14.8. The van der Waals surface area contributed by atoms with Crippen molar-refractivity contribution in [3.05, 3.63) is 82.1 Å². The number of halogens is 2. The van der Waals surface area contributed by atoms with E-state index in [9.17, 15) is 4.79 Å². The normalized spacial score (nSPS) is 10.0. The number of nitrogens with one attached hydrogen (secondary N) is 2. The monoisotopic (exact) mass is 382 g/mol. The van der Waals surface area contributed by atoms with Gasteiger partial charge in [-0.15, -0.1) is 0 Å². The van der Waals surface area contributed by atoms with Crippen LogP contribution in [0.5, 0.6) is 0 Å². The highest BCUT2D eigenvalue weighted by molar-refractivity contribution is 6.35. The first-order valence-corrected chi connectivity index (χ1v) is 8.30. The summed E-state index contributed by atoms with van der Waals surface area (Å²) in [6, 6.07) is 17.2. The number of aromatic nitrogens is 1. The minimum Gasteiger partial charge on any atom is -0.354 e. The predicted molar refractivity (Wildman–Crippen MR) is 103 cm³/mol. The highest BCUT2D eigenvalue weighted by Crippen LogP contribution is 2.23. The first-order valence-electron chi connectivity index (χ1n) is 7.54. The van der Waals surface area contributed by atoms with E-state index in [0.717, 1.165) is 11.4 Å².